The largest absolute Gasteiger partial charge is 0.492 e. The Labute approximate surface area is 115 Å². The number of hydrogen-bond donors (Lipinski definition) is 1. The van der Waals surface area contributed by atoms with E-state index in [0.717, 1.165) is 24.4 Å². The molecule has 0 aliphatic heterocycles. The van der Waals surface area contributed by atoms with Crippen molar-refractivity contribution in [3.8, 4) is 5.75 Å². The van der Waals surface area contributed by atoms with Crippen molar-refractivity contribution in [2.24, 2.45) is 5.73 Å². The Morgan fingerprint density at radius 1 is 1.33 bits per heavy atom. The average molecular weight is 266 g/mol. The number of likely N-dealkylation sites (N-methyl/N-ethyl adjacent to an activating group) is 1. The topological polar surface area (TPSA) is 38.5 Å². The van der Waals surface area contributed by atoms with Gasteiger partial charge in [-0.3, -0.25) is 0 Å². The Morgan fingerprint density at radius 2 is 2.06 bits per heavy atom. The second kappa shape index (κ2) is 8.06. The average Bonchev–Trinajstić information content (AvgIpc) is 2.36. The quantitative estimate of drug-likeness (QED) is 0.734. The first kappa shape index (κ1) is 14.9. The van der Waals surface area contributed by atoms with E-state index >= 15 is 0 Å². The van der Waals surface area contributed by atoms with Crippen LogP contribution in [0, 0.1) is 0 Å². The van der Waals surface area contributed by atoms with Gasteiger partial charge in [0.1, 0.15) is 17.3 Å². The minimum atomic E-state index is 0.380. The lowest BCUT2D eigenvalue weighted by Gasteiger charge is -2.17. The van der Waals surface area contributed by atoms with Gasteiger partial charge >= 0.3 is 0 Å². The summed E-state index contributed by atoms with van der Waals surface area (Å²) in [4.78, 5) is 2.65. The van der Waals surface area contributed by atoms with Crippen molar-refractivity contribution < 1.29 is 4.74 Å². The molecule has 0 aromatic heterocycles. The summed E-state index contributed by atoms with van der Waals surface area (Å²) in [6.07, 6.45) is 2.44. The highest BCUT2D eigenvalue weighted by atomic mass is 32.1. The monoisotopic (exact) mass is 266 g/mol. The van der Waals surface area contributed by atoms with Crippen LogP contribution in [0.15, 0.2) is 24.3 Å². The fraction of sp³-hybridized carbons (Fsp3) is 0.500. The van der Waals surface area contributed by atoms with Crippen molar-refractivity contribution in [2.75, 3.05) is 26.7 Å². The van der Waals surface area contributed by atoms with Crippen LogP contribution in [0.1, 0.15) is 25.3 Å². The Hall–Kier alpha value is -1.13. The molecule has 1 rings (SSSR count). The minimum absolute atomic E-state index is 0.380. The molecule has 18 heavy (non-hydrogen) atoms. The van der Waals surface area contributed by atoms with Crippen LogP contribution in [-0.4, -0.2) is 36.6 Å². The summed E-state index contributed by atoms with van der Waals surface area (Å²) in [5.41, 5.74) is 6.46. The molecule has 0 amide bonds. The first-order valence-electron chi connectivity index (χ1n) is 6.35. The number of unbranched alkanes of at least 4 members (excludes halogenated alkanes) is 1. The normalized spacial score (nSPS) is 10.6. The van der Waals surface area contributed by atoms with E-state index in [0.29, 0.717) is 11.6 Å². The summed E-state index contributed by atoms with van der Waals surface area (Å²) in [5, 5.41) is 0. The van der Waals surface area contributed by atoms with Crippen LogP contribution >= 0.6 is 12.2 Å². The van der Waals surface area contributed by atoms with Gasteiger partial charge in [-0.1, -0.05) is 37.7 Å². The zero-order valence-corrected chi connectivity index (χ0v) is 12.0. The van der Waals surface area contributed by atoms with Crippen LogP contribution in [0.5, 0.6) is 5.75 Å². The molecule has 0 aliphatic carbocycles. The molecule has 0 spiro atoms. The highest BCUT2D eigenvalue weighted by molar-refractivity contribution is 7.80. The molecule has 0 atom stereocenters. The van der Waals surface area contributed by atoms with Gasteiger partial charge in [0, 0.05) is 6.54 Å². The van der Waals surface area contributed by atoms with Gasteiger partial charge in [0.2, 0.25) is 0 Å². The lowest BCUT2D eigenvalue weighted by Crippen LogP contribution is -2.25. The molecule has 0 saturated heterocycles. The molecule has 0 radical (unpaired) electrons. The Morgan fingerprint density at radius 3 is 2.72 bits per heavy atom. The van der Waals surface area contributed by atoms with Crippen LogP contribution in [0.25, 0.3) is 0 Å². The Kier molecular flexibility index (Phi) is 6.68. The second-order valence-electron chi connectivity index (χ2n) is 4.37. The van der Waals surface area contributed by atoms with Crippen LogP contribution in [-0.2, 0) is 0 Å². The zero-order chi connectivity index (χ0) is 13.4. The van der Waals surface area contributed by atoms with Gasteiger partial charge in [-0.2, -0.15) is 0 Å². The van der Waals surface area contributed by atoms with Gasteiger partial charge in [0.25, 0.3) is 0 Å². The van der Waals surface area contributed by atoms with E-state index < -0.39 is 0 Å². The molecule has 2 N–H and O–H groups in total. The number of hydrogen-bond acceptors (Lipinski definition) is 3. The smallest absolute Gasteiger partial charge is 0.129 e. The molecule has 0 bridgehead atoms. The number of benzene rings is 1. The summed E-state index contributed by atoms with van der Waals surface area (Å²) in [6.45, 7) is 4.87. The molecular weight excluding hydrogens is 244 g/mol. The van der Waals surface area contributed by atoms with E-state index in [1.165, 1.54) is 12.8 Å². The Bertz CT molecular complexity index is 382. The Balaban J connectivity index is 2.41. The SMILES string of the molecule is CCCCN(C)CCOc1ccccc1C(N)=S. The summed E-state index contributed by atoms with van der Waals surface area (Å²) >= 11 is 5.00. The van der Waals surface area contributed by atoms with Gasteiger partial charge < -0.3 is 15.4 Å². The lowest BCUT2D eigenvalue weighted by molar-refractivity contribution is 0.235. The molecular formula is C14H22N2OS. The van der Waals surface area contributed by atoms with Crippen molar-refractivity contribution >= 4 is 17.2 Å². The molecule has 4 heteroatoms. The standard InChI is InChI=1S/C14H22N2OS/c1-3-4-9-16(2)10-11-17-13-8-6-5-7-12(13)14(15)18/h5-8H,3-4,9-11H2,1-2H3,(H2,15,18). The lowest BCUT2D eigenvalue weighted by atomic mass is 10.2. The molecule has 0 unspecified atom stereocenters. The van der Waals surface area contributed by atoms with Gasteiger partial charge in [-0.15, -0.1) is 0 Å². The molecule has 0 aliphatic rings. The van der Waals surface area contributed by atoms with E-state index in [1.807, 2.05) is 24.3 Å². The molecule has 0 saturated carbocycles. The number of para-hydroxylation sites is 1. The summed E-state index contributed by atoms with van der Waals surface area (Å²) in [6, 6.07) is 7.63. The third kappa shape index (κ3) is 5.02. The predicted molar refractivity (Wildman–Crippen MR) is 80.2 cm³/mol. The maximum atomic E-state index is 5.74. The third-order valence-electron chi connectivity index (χ3n) is 2.78. The third-order valence-corrected chi connectivity index (χ3v) is 3.00. The highest BCUT2D eigenvalue weighted by Gasteiger charge is 2.05. The minimum Gasteiger partial charge on any atom is -0.492 e. The van der Waals surface area contributed by atoms with E-state index in [4.69, 9.17) is 22.7 Å². The molecule has 100 valence electrons. The molecule has 1 aromatic rings. The van der Waals surface area contributed by atoms with Crippen molar-refractivity contribution in [2.45, 2.75) is 19.8 Å². The fourth-order valence-corrected chi connectivity index (χ4v) is 1.82. The van der Waals surface area contributed by atoms with Crippen molar-refractivity contribution in [1.29, 1.82) is 0 Å². The molecule has 0 fully saturated rings. The first-order valence-corrected chi connectivity index (χ1v) is 6.76. The number of ether oxygens (including phenoxy) is 1. The van der Waals surface area contributed by atoms with Crippen LogP contribution in [0.3, 0.4) is 0 Å². The predicted octanol–water partition coefficient (Wildman–Crippen LogP) is 2.43. The summed E-state index contributed by atoms with van der Waals surface area (Å²) in [5.74, 6) is 0.772. The maximum absolute atomic E-state index is 5.74. The highest BCUT2D eigenvalue weighted by Crippen LogP contribution is 2.17. The van der Waals surface area contributed by atoms with Gasteiger partial charge in [0.15, 0.2) is 0 Å². The number of nitrogens with zero attached hydrogens (tertiary/aromatic N) is 1. The first-order chi connectivity index (χ1) is 8.65. The number of thiocarbonyl (C=S) groups is 1. The van der Waals surface area contributed by atoms with Crippen LogP contribution in [0.4, 0.5) is 0 Å². The van der Waals surface area contributed by atoms with E-state index in [9.17, 15) is 0 Å². The molecule has 1 aromatic carbocycles. The van der Waals surface area contributed by atoms with Gasteiger partial charge in [-0.25, -0.2) is 0 Å². The maximum Gasteiger partial charge on any atom is 0.129 e. The second-order valence-corrected chi connectivity index (χ2v) is 4.81. The molecule has 3 nitrogen and oxygen atoms in total. The van der Waals surface area contributed by atoms with Gasteiger partial charge in [0.05, 0.1) is 5.56 Å². The van der Waals surface area contributed by atoms with Crippen molar-refractivity contribution in [1.82, 2.24) is 4.90 Å². The van der Waals surface area contributed by atoms with Crippen LogP contribution < -0.4 is 10.5 Å². The van der Waals surface area contributed by atoms with Crippen molar-refractivity contribution in [3.05, 3.63) is 29.8 Å². The van der Waals surface area contributed by atoms with E-state index in [-0.39, 0.29) is 0 Å². The van der Waals surface area contributed by atoms with Crippen molar-refractivity contribution in [3.63, 3.8) is 0 Å². The fourth-order valence-electron chi connectivity index (χ4n) is 1.65. The zero-order valence-electron chi connectivity index (χ0n) is 11.2. The van der Waals surface area contributed by atoms with E-state index in [1.54, 1.807) is 0 Å². The molecule has 0 heterocycles. The summed E-state index contributed by atoms with van der Waals surface area (Å²) < 4.78 is 5.74. The summed E-state index contributed by atoms with van der Waals surface area (Å²) in [7, 11) is 2.11. The van der Waals surface area contributed by atoms with Crippen LogP contribution in [0.2, 0.25) is 0 Å². The van der Waals surface area contributed by atoms with Gasteiger partial charge in [-0.05, 0) is 32.1 Å². The van der Waals surface area contributed by atoms with E-state index in [2.05, 4.69) is 18.9 Å². The number of nitrogens with two attached hydrogens (primary N) is 1. The number of rotatable bonds is 8.